The molecular weight excluding hydrogens is 360 g/mol. The fourth-order valence-corrected chi connectivity index (χ4v) is 4.73. The van der Waals surface area contributed by atoms with Gasteiger partial charge < -0.3 is 10.2 Å². The first-order valence-electron chi connectivity index (χ1n) is 9.21. The zero-order valence-corrected chi connectivity index (χ0v) is 15.9. The van der Waals surface area contributed by atoms with Gasteiger partial charge in [-0.3, -0.25) is 4.79 Å². The number of hydrogen-bond donors (Lipinski definition) is 1. The molecule has 1 fully saturated rings. The van der Waals surface area contributed by atoms with Gasteiger partial charge in [-0.2, -0.15) is 21.1 Å². The summed E-state index contributed by atoms with van der Waals surface area (Å²) in [6.07, 6.45) is 2.84. The fraction of sp³-hybridized carbons (Fsp3) is 0.368. The van der Waals surface area contributed by atoms with E-state index in [0.717, 1.165) is 35.7 Å². The number of carbonyl (C=O) groups excluding carboxylic acids is 1. The third kappa shape index (κ3) is 2.80. The molecule has 0 aliphatic carbocycles. The summed E-state index contributed by atoms with van der Waals surface area (Å²) in [7, 11) is 0. The minimum atomic E-state index is 0.00139. The average molecular weight is 380 g/mol. The minimum Gasteiger partial charge on any atom is -0.355 e. The standard InChI is InChI=1S/C19H20N6OS/c1-12-18-14(13-6-9-27-11-13)10-17(26)20-19(18)25(23-12)16-5-4-15(21-22-16)24-7-2-3-8-24/h4-6,9,11,14H,2-3,7-8,10H2,1H3,(H,20,26)/t14-/m0/s1. The van der Waals surface area contributed by atoms with Gasteiger partial charge in [0.25, 0.3) is 0 Å². The minimum absolute atomic E-state index is 0.00139. The van der Waals surface area contributed by atoms with Crippen molar-refractivity contribution in [3.8, 4) is 5.82 Å². The van der Waals surface area contributed by atoms with Gasteiger partial charge in [0.2, 0.25) is 5.91 Å². The number of hydrogen-bond acceptors (Lipinski definition) is 6. The molecule has 3 aromatic heterocycles. The molecule has 1 saturated heterocycles. The third-order valence-electron chi connectivity index (χ3n) is 5.33. The van der Waals surface area contributed by atoms with Crippen molar-refractivity contribution in [3.63, 3.8) is 0 Å². The number of aromatic nitrogens is 4. The average Bonchev–Trinajstić information content (AvgIpc) is 3.43. The lowest BCUT2D eigenvalue weighted by molar-refractivity contribution is -0.116. The van der Waals surface area contributed by atoms with Gasteiger partial charge in [-0.05, 0) is 54.3 Å². The highest BCUT2D eigenvalue weighted by Gasteiger charge is 2.33. The number of thiophene rings is 1. The molecule has 0 spiro atoms. The van der Waals surface area contributed by atoms with Crippen LogP contribution in [0.4, 0.5) is 11.6 Å². The van der Waals surface area contributed by atoms with Crippen LogP contribution in [0, 0.1) is 6.92 Å². The summed E-state index contributed by atoms with van der Waals surface area (Å²) in [5, 5.41) is 20.6. The van der Waals surface area contributed by atoms with Crippen molar-refractivity contribution in [2.24, 2.45) is 0 Å². The van der Waals surface area contributed by atoms with E-state index < -0.39 is 0 Å². The molecule has 5 rings (SSSR count). The summed E-state index contributed by atoms with van der Waals surface area (Å²) in [6.45, 7) is 4.05. The Morgan fingerprint density at radius 1 is 1.15 bits per heavy atom. The van der Waals surface area contributed by atoms with Crippen LogP contribution in [-0.2, 0) is 4.79 Å². The predicted molar refractivity (Wildman–Crippen MR) is 105 cm³/mol. The summed E-state index contributed by atoms with van der Waals surface area (Å²) in [5.74, 6) is 2.26. The Balaban J connectivity index is 1.55. The maximum atomic E-state index is 12.4. The van der Waals surface area contributed by atoms with Gasteiger partial charge in [0.1, 0.15) is 5.82 Å². The summed E-state index contributed by atoms with van der Waals surface area (Å²) in [4.78, 5) is 14.6. The molecule has 1 atom stereocenters. The normalized spacial score (nSPS) is 19.2. The van der Waals surface area contributed by atoms with Crippen molar-refractivity contribution in [2.45, 2.75) is 32.1 Å². The number of rotatable bonds is 3. The molecule has 0 unspecified atom stereocenters. The summed E-state index contributed by atoms with van der Waals surface area (Å²) >= 11 is 1.65. The van der Waals surface area contributed by atoms with Crippen LogP contribution in [0.1, 0.15) is 42.0 Å². The Hall–Kier alpha value is -2.74. The monoisotopic (exact) mass is 380 g/mol. The molecule has 8 heteroatoms. The fourth-order valence-electron chi connectivity index (χ4n) is 4.02. The smallest absolute Gasteiger partial charge is 0.226 e. The lowest BCUT2D eigenvalue weighted by Crippen LogP contribution is -2.25. The number of nitrogens with one attached hydrogen (secondary N) is 1. The zero-order valence-electron chi connectivity index (χ0n) is 15.1. The lowest BCUT2D eigenvalue weighted by Gasteiger charge is -2.23. The first kappa shape index (κ1) is 16.4. The van der Waals surface area contributed by atoms with Crippen molar-refractivity contribution in [3.05, 3.63) is 45.8 Å². The highest BCUT2D eigenvalue weighted by atomic mass is 32.1. The Bertz CT molecular complexity index is 973. The molecule has 7 nitrogen and oxygen atoms in total. The molecule has 3 aromatic rings. The van der Waals surface area contributed by atoms with E-state index in [0.29, 0.717) is 18.1 Å². The maximum Gasteiger partial charge on any atom is 0.226 e. The van der Waals surface area contributed by atoms with E-state index >= 15 is 0 Å². The number of nitrogens with zero attached hydrogens (tertiary/aromatic N) is 5. The maximum absolute atomic E-state index is 12.4. The second-order valence-corrected chi connectivity index (χ2v) is 7.84. The molecule has 0 bridgehead atoms. The van der Waals surface area contributed by atoms with Gasteiger partial charge in [0, 0.05) is 31.0 Å². The zero-order chi connectivity index (χ0) is 18.4. The number of anilines is 2. The van der Waals surface area contributed by atoms with Crippen LogP contribution in [0.25, 0.3) is 5.82 Å². The molecule has 2 aliphatic heterocycles. The lowest BCUT2D eigenvalue weighted by atomic mass is 9.87. The largest absolute Gasteiger partial charge is 0.355 e. The van der Waals surface area contributed by atoms with Crippen molar-refractivity contribution in [1.82, 2.24) is 20.0 Å². The van der Waals surface area contributed by atoms with Crippen molar-refractivity contribution in [1.29, 1.82) is 0 Å². The van der Waals surface area contributed by atoms with E-state index in [1.807, 2.05) is 24.4 Å². The highest BCUT2D eigenvalue weighted by molar-refractivity contribution is 7.08. The molecular formula is C19H20N6OS. The van der Waals surface area contributed by atoms with Gasteiger partial charge in [-0.15, -0.1) is 10.2 Å². The van der Waals surface area contributed by atoms with Crippen LogP contribution in [0.2, 0.25) is 0 Å². The van der Waals surface area contributed by atoms with Gasteiger partial charge in [0.15, 0.2) is 11.6 Å². The summed E-state index contributed by atoms with van der Waals surface area (Å²) < 4.78 is 1.71. The molecule has 0 saturated carbocycles. The number of amides is 1. The summed E-state index contributed by atoms with van der Waals surface area (Å²) in [5.41, 5.74) is 3.14. The molecule has 27 heavy (non-hydrogen) atoms. The Morgan fingerprint density at radius 3 is 2.63 bits per heavy atom. The van der Waals surface area contributed by atoms with Gasteiger partial charge in [-0.25, -0.2) is 0 Å². The topological polar surface area (TPSA) is 75.9 Å². The molecule has 5 heterocycles. The first-order valence-corrected chi connectivity index (χ1v) is 10.2. The van der Waals surface area contributed by atoms with Crippen LogP contribution >= 0.6 is 11.3 Å². The van der Waals surface area contributed by atoms with Gasteiger partial charge in [0.05, 0.1) is 5.69 Å². The quantitative estimate of drug-likeness (QED) is 0.756. The Kier molecular flexibility index (Phi) is 3.93. The molecule has 1 amide bonds. The summed E-state index contributed by atoms with van der Waals surface area (Å²) in [6, 6.07) is 5.99. The van der Waals surface area contributed by atoms with Crippen molar-refractivity contribution < 1.29 is 4.79 Å². The van der Waals surface area contributed by atoms with E-state index in [9.17, 15) is 4.79 Å². The third-order valence-corrected chi connectivity index (χ3v) is 6.03. The molecule has 0 aromatic carbocycles. The molecule has 2 aliphatic rings. The molecule has 138 valence electrons. The number of fused-ring (bicyclic) bond motifs is 1. The van der Waals surface area contributed by atoms with Crippen molar-refractivity contribution in [2.75, 3.05) is 23.3 Å². The Labute approximate surface area is 161 Å². The number of aryl methyl sites for hydroxylation is 1. The predicted octanol–water partition coefficient (Wildman–Crippen LogP) is 3.11. The van der Waals surface area contributed by atoms with Gasteiger partial charge in [-0.1, -0.05) is 0 Å². The number of carbonyl (C=O) groups is 1. The van der Waals surface area contributed by atoms with Crippen LogP contribution < -0.4 is 10.2 Å². The van der Waals surface area contributed by atoms with E-state index in [1.165, 1.54) is 12.8 Å². The Morgan fingerprint density at radius 2 is 1.93 bits per heavy atom. The van der Waals surface area contributed by atoms with E-state index in [2.05, 4.69) is 37.0 Å². The van der Waals surface area contributed by atoms with Crippen LogP contribution in [0.3, 0.4) is 0 Å². The van der Waals surface area contributed by atoms with E-state index in [1.54, 1.807) is 16.0 Å². The molecule has 1 N–H and O–H groups in total. The first-order chi connectivity index (χ1) is 13.2. The van der Waals surface area contributed by atoms with Crippen LogP contribution in [0.5, 0.6) is 0 Å². The second kappa shape index (κ2) is 6.45. The molecule has 0 radical (unpaired) electrons. The van der Waals surface area contributed by atoms with Crippen LogP contribution in [0.15, 0.2) is 29.0 Å². The van der Waals surface area contributed by atoms with E-state index in [4.69, 9.17) is 0 Å². The van der Waals surface area contributed by atoms with E-state index in [-0.39, 0.29) is 11.8 Å². The highest BCUT2D eigenvalue weighted by Crippen LogP contribution is 2.40. The second-order valence-electron chi connectivity index (χ2n) is 7.06. The SMILES string of the molecule is Cc1nn(-c2ccc(N3CCCC3)nn2)c2c1[C@H](c1ccsc1)CC(=O)N2. The van der Waals surface area contributed by atoms with Crippen molar-refractivity contribution >= 4 is 28.9 Å². The van der Waals surface area contributed by atoms with Gasteiger partial charge >= 0.3 is 0 Å². The van der Waals surface area contributed by atoms with Crippen LogP contribution in [-0.4, -0.2) is 39.0 Å².